The summed E-state index contributed by atoms with van der Waals surface area (Å²) in [6.07, 6.45) is 3.56. The largest absolute Gasteiger partial charge is 0.385 e. The van der Waals surface area contributed by atoms with Crippen molar-refractivity contribution < 1.29 is 9.66 Å². The molecule has 1 fully saturated rings. The zero-order valence-electron chi connectivity index (χ0n) is 9.59. The average molecular weight is 236 g/mol. The molecule has 1 aromatic rings. The topological polar surface area (TPSA) is 64.4 Å². The van der Waals surface area contributed by atoms with Gasteiger partial charge in [-0.2, -0.15) is 0 Å². The normalized spacial score (nSPS) is 19.2. The van der Waals surface area contributed by atoms with Gasteiger partial charge in [0.15, 0.2) is 0 Å². The Morgan fingerprint density at radius 3 is 3.12 bits per heavy atom. The molecule has 2 rings (SSSR count). The van der Waals surface area contributed by atoms with Crippen LogP contribution in [0.3, 0.4) is 0 Å². The van der Waals surface area contributed by atoms with E-state index in [0.717, 1.165) is 38.1 Å². The third kappa shape index (κ3) is 3.42. The first-order valence-electron chi connectivity index (χ1n) is 5.85. The van der Waals surface area contributed by atoms with Crippen LogP contribution in [0.25, 0.3) is 0 Å². The van der Waals surface area contributed by atoms with Crippen LogP contribution in [0.5, 0.6) is 0 Å². The third-order valence-corrected chi connectivity index (χ3v) is 2.88. The Balaban J connectivity index is 1.81. The molecule has 1 saturated heterocycles. The van der Waals surface area contributed by atoms with Crippen molar-refractivity contribution in [2.45, 2.75) is 25.4 Å². The molecule has 1 unspecified atom stereocenters. The summed E-state index contributed by atoms with van der Waals surface area (Å²) in [6, 6.07) is 6.57. The van der Waals surface area contributed by atoms with E-state index >= 15 is 0 Å². The van der Waals surface area contributed by atoms with Crippen LogP contribution < -0.4 is 5.32 Å². The summed E-state index contributed by atoms with van der Waals surface area (Å²) in [5.41, 5.74) is 0.907. The van der Waals surface area contributed by atoms with Gasteiger partial charge in [-0.05, 0) is 25.3 Å². The molecule has 0 aliphatic carbocycles. The molecule has 1 aliphatic heterocycles. The van der Waals surface area contributed by atoms with Crippen molar-refractivity contribution in [1.29, 1.82) is 0 Å². The maximum absolute atomic E-state index is 10.6. The summed E-state index contributed by atoms with van der Waals surface area (Å²) in [4.78, 5) is 10.2. The van der Waals surface area contributed by atoms with Crippen LogP contribution in [-0.2, 0) is 4.74 Å². The molecule has 0 bridgehead atoms. The number of non-ortho nitro benzene ring substituents is 1. The van der Waals surface area contributed by atoms with Crippen molar-refractivity contribution in [3.05, 3.63) is 34.4 Å². The molecule has 5 nitrogen and oxygen atoms in total. The van der Waals surface area contributed by atoms with Crippen LogP contribution in [0.4, 0.5) is 11.4 Å². The van der Waals surface area contributed by atoms with Crippen LogP contribution in [0.2, 0.25) is 0 Å². The van der Waals surface area contributed by atoms with Gasteiger partial charge in [-0.25, -0.2) is 0 Å². The van der Waals surface area contributed by atoms with Gasteiger partial charge >= 0.3 is 0 Å². The second-order valence-corrected chi connectivity index (χ2v) is 4.16. The summed E-state index contributed by atoms with van der Waals surface area (Å²) < 4.78 is 5.50. The fourth-order valence-electron chi connectivity index (χ4n) is 1.98. The highest BCUT2D eigenvalue weighted by molar-refractivity contribution is 5.50. The van der Waals surface area contributed by atoms with E-state index in [4.69, 9.17) is 4.74 Å². The van der Waals surface area contributed by atoms with E-state index < -0.39 is 0 Å². The quantitative estimate of drug-likeness (QED) is 0.630. The molecule has 1 aromatic carbocycles. The number of nitro groups is 1. The maximum Gasteiger partial charge on any atom is 0.271 e. The minimum absolute atomic E-state index is 0.118. The molecular weight excluding hydrogens is 220 g/mol. The third-order valence-electron chi connectivity index (χ3n) is 2.88. The first kappa shape index (κ1) is 11.9. The molecule has 17 heavy (non-hydrogen) atoms. The van der Waals surface area contributed by atoms with Gasteiger partial charge in [0, 0.05) is 31.0 Å². The van der Waals surface area contributed by atoms with Crippen molar-refractivity contribution in [1.82, 2.24) is 0 Å². The van der Waals surface area contributed by atoms with Gasteiger partial charge in [-0.15, -0.1) is 0 Å². The first-order valence-corrected chi connectivity index (χ1v) is 5.85. The second-order valence-electron chi connectivity index (χ2n) is 4.16. The predicted octanol–water partition coefficient (Wildman–Crippen LogP) is 2.58. The highest BCUT2D eigenvalue weighted by Crippen LogP contribution is 2.18. The SMILES string of the molecule is O=[N+]([O-])c1cccc(NCCC2CCCO2)c1. The zero-order chi connectivity index (χ0) is 12.1. The van der Waals surface area contributed by atoms with Crippen molar-refractivity contribution in [2.24, 2.45) is 0 Å². The number of anilines is 1. The second kappa shape index (κ2) is 5.63. The van der Waals surface area contributed by atoms with Crippen molar-refractivity contribution in [2.75, 3.05) is 18.5 Å². The fraction of sp³-hybridized carbons (Fsp3) is 0.500. The molecule has 0 spiro atoms. The molecule has 1 aliphatic rings. The van der Waals surface area contributed by atoms with E-state index in [9.17, 15) is 10.1 Å². The standard InChI is InChI=1S/C12H16N2O3/c15-14(16)11-4-1-3-10(9-11)13-7-6-12-5-2-8-17-12/h1,3-4,9,12-13H,2,5-8H2. The number of nitrogens with zero attached hydrogens (tertiary/aromatic N) is 1. The van der Waals surface area contributed by atoms with Gasteiger partial charge < -0.3 is 10.1 Å². The Morgan fingerprint density at radius 1 is 1.53 bits per heavy atom. The highest BCUT2D eigenvalue weighted by atomic mass is 16.6. The molecule has 0 radical (unpaired) electrons. The van der Waals surface area contributed by atoms with Crippen molar-refractivity contribution in [3.63, 3.8) is 0 Å². The summed E-state index contributed by atoms with van der Waals surface area (Å²) in [5.74, 6) is 0. The summed E-state index contributed by atoms with van der Waals surface area (Å²) in [7, 11) is 0. The Labute approximate surface area is 99.9 Å². The molecule has 1 N–H and O–H groups in total. The molecule has 92 valence electrons. The zero-order valence-corrected chi connectivity index (χ0v) is 9.59. The number of rotatable bonds is 5. The van der Waals surface area contributed by atoms with E-state index in [2.05, 4.69) is 5.32 Å². The van der Waals surface area contributed by atoms with Crippen molar-refractivity contribution >= 4 is 11.4 Å². The lowest BCUT2D eigenvalue weighted by atomic mass is 10.2. The van der Waals surface area contributed by atoms with Gasteiger partial charge in [-0.1, -0.05) is 6.07 Å². The van der Waals surface area contributed by atoms with Crippen LogP contribution in [0.1, 0.15) is 19.3 Å². The van der Waals surface area contributed by atoms with E-state index in [-0.39, 0.29) is 10.6 Å². The number of nitro benzene ring substituents is 1. The number of hydrogen-bond acceptors (Lipinski definition) is 4. The fourth-order valence-corrected chi connectivity index (χ4v) is 1.98. The molecule has 0 amide bonds. The van der Waals surface area contributed by atoms with Crippen LogP contribution in [0.15, 0.2) is 24.3 Å². The molecular formula is C12H16N2O3. The monoisotopic (exact) mass is 236 g/mol. The lowest BCUT2D eigenvalue weighted by Crippen LogP contribution is -2.12. The lowest BCUT2D eigenvalue weighted by Gasteiger charge is -2.10. The van der Waals surface area contributed by atoms with Crippen molar-refractivity contribution in [3.8, 4) is 0 Å². The van der Waals surface area contributed by atoms with E-state index in [1.165, 1.54) is 6.07 Å². The average Bonchev–Trinajstić information content (AvgIpc) is 2.82. The van der Waals surface area contributed by atoms with Gasteiger partial charge in [-0.3, -0.25) is 10.1 Å². The van der Waals surface area contributed by atoms with Crippen LogP contribution >= 0.6 is 0 Å². The minimum Gasteiger partial charge on any atom is -0.385 e. The van der Waals surface area contributed by atoms with Gasteiger partial charge in [0.25, 0.3) is 5.69 Å². The Hall–Kier alpha value is -1.62. The lowest BCUT2D eigenvalue weighted by molar-refractivity contribution is -0.384. The molecule has 5 heteroatoms. The van der Waals surface area contributed by atoms with E-state index in [1.54, 1.807) is 12.1 Å². The Bertz CT molecular complexity index is 389. The first-order chi connectivity index (χ1) is 8.25. The molecule has 0 aromatic heterocycles. The van der Waals surface area contributed by atoms with Crippen LogP contribution in [0, 0.1) is 10.1 Å². The Morgan fingerprint density at radius 2 is 2.41 bits per heavy atom. The maximum atomic E-state index is 10.6. The summed E-state index contributed by atoms with van der Waals surface area (Å²) >= 11 is 0. The predicted molar refractivity (Wildman–Crippen MR) is 65.2 cm³/mol. The van der Waals surface area contributed by atoms with E-state index in [0.29, 0.717) is 6.10 Å². The smallest absolute Gasteiger partial charge is 0.271 e. The molecule has 1 heterocycles. The molecule has 1 atom stereocenters. The van der Waals surface area contributed by atoms with Gasteiger partial charge in [0.05, 0.1) is 11.0 Å². The van der Waals surface area contributed by atoms with Gasteiger partial charge in [0.1, 0.15) is 0 Å². The summed E-state index contributed by atoms with van der Waals surface area (Å²) in [6.45, 7) is 1.65. The van der Waals surface area contributed by atoms with E-state index in [1.807, 2.05) is 6.07 Å². The van der Waals surface area contributed by atoms with Crippen LogP contribution in [-0.4, -0.2) is 24.2 Å². The highest BCUT2D eigenvalue weighted by Gasteiger charge is 2.14. The number of ether oxygens (including phenoxy) is 1. The number of hydrogen-bond donors (Lipinski definition) is 1. The number of nitrogens with one attached hydrogen (secondary N) is 1. The Kier molecular flexibility index (Phi) is 3.93. The minimum atomic E-state index is -0.384. The van der Waals surface area contributed by atoms with Gasteiger partial charge in [0.2, 0.25) is 0 Å². The number of benzene rings is 1. The summed E-state index contributed by atoms with van der Waals surface area (Å²) in [5, 5.41) is 13.8. The molecule has 0 saturated carbocycles.